The maximum absolute atomic E-state index is 13.7. The van der Waals surface area contributed by atoms with Gasteiger partial charge in [0.25, 0.3) is 11.8 Å². The van der Waals surface area contributed by atoms with Crippen molar-refractivity contribution in [2.24, 2.45) is 5.92 Å². The molecule has 1 N–H and O–H groups in total. The number of aromatic nitrogens is 1. The van der Waals surface area contributed by atoms with E-state index in [9.17, 15) is 14.4 Å². The van der Waals surface area contributed by atoms with Crippen LogP contribution in [0.4, 0.5) is 5.00 Å². The molecule has 1 saturated heterocycles. The molecular weight excluding hydrogens is 436 g/mol. The molecule has 0 spiro atoms. The van der Waals surface area contributed by atoms with Gasteiger partial charge in [0.15, 0.2) is 0 Å². The summed E-state index contributed by atoms with van der Waals surface area (Å²) in [7, 11) is 0. The maximum Gasteiger partial charge on any atom is 0.257 e. The van der Waals surface area contributed by atoms with Crippen molar-refractivity contribution < 1.29 is 14.4 Å². The molecule has 174 valence electrons. The smallest absolute Gasteiger partial charge is 0.257 e. The van der Waals surface area contributed by atoms with Crippen molar-refractivity contribution in [2.75, 3.05) is 31.5 Å². The number of pyridine rings is 1. The zero-order valence-electron chi connectivity index (χ0n) is 18.8. The molecule has 2 aromatic heterocycles. The lowest BCUT2D eigenvalue weighted by molar-refractivity contribution is -0.136. The van der Waals surface area contributed by atoms with E-state index < -0.39 is 0 Å². The summed E-state index contributed by atoms with van der Waals surface area (Å²) in [5.41, 5.74) is 2.23. The standard InChI is InChI=1S/C25H30N4O3S/c30-22(18-8-5-11-26-16-18)27-23-21(19-9-3-4-10-20(19)33-23)25(32)29-14-12-28(13-15-29)24(31)17-6-1-2-7-17/h5,8,11,16-17H,1-4,6-7,9-10,12-15H2,(H,27,30). The van der Waals surface area contributed by atoms with E-state index in [4.69, 9.17) is 0 Å². The van der Waals surface area contributed by atoms with Crippen LogP contribution in [0, 0.1) is 5.92 Å². The highest BCUT2D eigenvalue weighted by Crippen LogP contribution is 2.39. The molecule has 7 nitrogen and oxygen atoms in total. The van der Waals surface area contributed by atoms with E-state index in [-0.39, 0.29) is 23.6 Å². The molecule has 1 aliphatic heterocycles. The van der Waals surface area contributed by atoms with Gasteiger partial charge in [-0.25, -0.2) is 0 Å². The zero-order valence-corrected chi connectivity index (χ0v) is 19.7. The molecule has 3 heterocycles. The Morgan fingerprint density at radius 2 is 1.70 bits per heavy atom. The van der Waals surface area contributed by atoms with E-state index >= 15 is 0 Å². The van der Waals surface area contributed by atoms with Gasteiger partial charge in [0.2, 0.25) is 5.91 Å². The number of nitrogens with zero attached hydrogens (tertiary/aromatic N) is 3. The number of nitrogens with one attached hydrogen (secondary N) is 1. The number of hydrogen-bond acceptors (Lipinski definition) is 5. The van der Waals surface area contributed by atoms with Crippen LogP contribution in [0.15, 0.2) is 24.5 Å². The SMILES string of the molecule is O=C(Nc1sc2c(c1C(=O)N1CCN(C(=O)C3CCCC3)CC1)CCCC2)c1cccnc1. The third-order valence-corrected chi connectivity index (χ3v) is 8.33. The molecule has 3 aliphatic rings. The Kier molecular flexibility index (Phi) is 6.44. The number of carbonyl (C=O) groups is 3. The van der Waals surface area contributed by atoms with Crippen LogP contribution in [-0.4, -0.2) is 58.7 Å². The van der Waals surface area contributed by atoms with E-state index in [0.29, 0.717) is 42.3 Å². The molecule has 2 aromatic rings. The summed E-state index contributed by atoms with van der Waals surface area (Å²) in [5, 5.41) is 3.64. The van der Waals surface area contributed by atoms with Crippen molar-refractivity contribution >= 4 is 34.1 Å². The molecular formula is C25H30N4O3S. The minimum atomic E-state index is -0.247. The van der Waals surface area contributed by atoms with E-state index in [1.54, 1.807) is 18.3 Å². The van der Waals surface area contributed by atoms with Crippen LogP contribution in [0.1, 0.15) is 69.7 Å². The van der Waals surface area contributed by atoms with Crippen LogP contribution in [0.25, 0.3) is 0 Å². The number of aryl methyl sites for hydroxylation is 1. The molecule has 0 unspecified atom stereocenters. The summed E-state index contributed by atoms with van der Waals surface area (Å²) in [6.07, 6.45) is 11.4. The van der Waals surface area contributed by atoms with Gasteiger partial charge in [-0.05, 0) is 56.2 Å². The molecule has 2 aliphatic carbocycles. The lowest BCUT2D eigenvalue weighted by Gasteiger charge is -2.36. The summed E-state index contributed by atoms with van der Waals surface area (Å²) >= 11 is 1.54. The largest absolute Gasteiger partial charge is 0.339 e. The van der Waals surface area contributed by atoms with Crippen molar-refractivity contribution in [3.8, 4) is 0 Å². The molecule has 8 heteroatoms. The van der Waals surface area contributed by atoms with Gasteiger partial charge in [-0.15, -0.1) is 11.3 Å². The Bertz CT molecular complexity index is 1040. The molecule has 0 radical (unpaired) electrons. The third kappa shape index (κ3) is 4.53. The average Bonchev–Trinajstić information content (AvgIpc) is 3.52. The number of anilines is 1. The second-order valence-corrected chi connectivity index (χ2v) is 10.3. The Morgan fingerprint density at radius 3 is 2.42 bits per heavy atom. The first-order valence-corrected chi connectivity index (χ1v) is 12.9. The van der Waals surface area contributed by atoms with Crippen molar-refractivity contribution in [1.82, 2.24) is 14.8 Å². The quantitative estimate of drug-likeness (QED) is 0.744. The monoisotopic (exact) mass is 466 g/mol. The normalized spacial score (nSPS) is 18.8. The predicted octanol–water partition coefficient (Wildman–Crippen LogP) is 3.75. The summed E-state index contributed by atoms with van der Waals surface area (Å²) in [5.74, 6) is 0.161. The number of piperazine rings is 1. The van der Waals surface area contributed by atoms with Crippen LogP contribution in [-0.2, 0) is 17.6 Å². The van der Waals surface area contributed by atoms with Gasteiger partial charge in [-0.2, -0.15) is 0 Å². The summed E-state index contributed by atoms with van der Waals surface area (Å²) in [6, 6.07) is 3.45. The van der Waals surface area contributed by atoms with E-state index in [0.717, 1.165) is 56.9 Å². The van der Waals surface area contributed by atoms with E-state index in [1.807, 2.05) is 9.80 Å². The first-order chi connectivity index (χ1) is 16.1. The molecule has 0 bridgehead atoms. The minimum absolute atomic E-state index is 0.0242. The highest BCUT2D eigenvalue weighted by atomic mass is 32.1. The molecule has 2 fully saturated rings. The van der Waals surface area contributed by atoms with Gasteiger partial charge >= 0.3 is 0 Å². The Balaban J connectivity index is 1.33. The lowest BCUT2D eigenvalue weighted by atomic mass is 9.94. The molecule has 33 heavy (non-hydrogen) atoms. The fourth-order valence-corrected chi connectivity index (χ4v) is 6.55. The maximum atomic E-state index is 13.7. The van der Waals surface area contributed by atoms with Crippen LogP contribution in [0.2, 0.25) is 0 Å². The summed E-state index contributed by atoms with van der Waals surface area (Å²) in [4.78, 5) is 48.3. The minimum Gasteiger partial charge on any atom is -0.339 e. The van der Waals surface area contributed by atoms with Gasteiger partial charge in [-0.1, -0.05) is 12.8 Å². The van der Waals surface area contributed by atoms with Crippen molar-refractivity contribution in [2.45, 2.75) is 51.4 Å². The number of hydrogen-bond donors (Lipinski definition) is 1. The molecule has 1 saturated carbocycles. The number of carbonyl (C=O) groups excluding carboxylic acids is 3. The number of amides is 3. The Hall–Kier alpha value is -2.74. The van der Waals surface area contributed by atoms with Crippen LogP contribution in [0.5, 0.6) is 0 Å². The molecule has 5 rings (SSSR count). The fraction of sp³-hybridized carbons (Fsp3) is 0.520. The second-order valence-electron chi connectivity index (χ2n) is 9.21. The summed E-state index contributed by atoms with van der Waals surface area (Å²) in [6.45, 7) is 2.26. The number of rotatable bonds is 4. The van der Waals surface area contributed by atoms with Crippen molar-refractivity contribution in [1.29, 1.82) is 0 Å². The topological polar surface area (TPSA) is 82.6 Å². The van der Waals surface area contributed by atoms with Crippen LogP contribution in [0.3, 0.4) is 0 Å². The van der Waals surface area contributed by atoms with Gasteiger partial charge < -0.3 is 15.1 Å². The third-order valence-electron chi connectivity index (χ3n) is 7.12. The van der Waals surface area contributed by atoms with Gasteiger partial charge in [-0.3, -0.25) is 19.4 Å². The predicted molar refractivity (Wildman–Crippen MR) is 128 cm³/mol. The average molecular weight is 467 g/mol. The van der Waals surface area contributed by atoms with Crippen molar-refractivity contribution in [3.05, 3.63) is 46.1 Å². The van der Waals surface area contributed by atoms with Gasteiger partial charge in [0.1, 0.15) is 5.00 Å². The van der Waals surface area contributed by atoms with Gasteiger partial charge in [0.05, 0.1) is 11.1 Å². The fourth-order valence-electron chi connectivity index (χ4n) is 5.27. The summed E-state index contributed by atoms with van der Waals surface area (Å²) < 4.78 is 0. The first kappa shape index (κ1) is 22.1. The Morgan fingerprint density at radius 1 is 0.970 bits per heavy atom. The van der Waals surface area contributed by atoms with Crippen LogP contribution < -0.4 is 5.32 Å². The van der Waals surface area contributed by atoms with E-state index in [2.05, 4.69) is 10.3 Å². The van der Waals surface area contributed by atoms with Crippen molar-refractivity contribution in [3.63, 3.8) is 0 Å². The molecule has 3 amide bonds. The highest BCUT2D eigenvalue weighted by molar-refractivity contribution is 7.17. The molecule has 0 aromatic carbocycles. The van der Waals surface area contributed by atoms with Crippen LogP contribution >= 0.6 is 11.3 Å². The molecule has 0 atom stereocenters. The lowest BCUT2D eigenvalue weighted by Crippen LogP contribution is -2.52. The first-order valence-electron chi connectivity index (χ1n) is 12.1. The second kappa shape index (κ2) is 9.63. The van der Waals surface area contributed by atoms with E-state index in [1.165, 1.54) is 22.4 Å². The zero-order chi connectivity index (χ0) is 22.8. The highest BCUT2D eigenvalue weighted by Gasteiger charge is 2.33. The Labute approximate surface area is 198 Å². The number of fused-ring (bicyclic) bond motifs is 1. The number of thiophene rings is 1. The van der Waals surface area contributed by atoms with Gasteiger partial charge in [0, 0.05) is 49.4 Å².